The third-order valence-electron chi connectivity index (χ3n) is 7.61. The van der Waals surface area contributed by atoms with Gasteiger partial charge in [-0.15, -0.1) is 0 Å². The van der Waals surface area contributed by atoms with Crippen molar-refractivity contribution in [2.45, 2.75) is 0 Å². The van der Waals surface area contributed by atoms with Crippen molar-refractivity contribution >= 4 is 67.3 Å². The van der Waals surface area contributed by atoms with E-state index in [0.29, 0.717) is 61.3 Å². The number of H-pyrrole nitrogens is 2. The molecule has 0 amide bonds. The van der Waals surface area contributed by atoms with E-state index in [-0.39, 0.29) is 22.4 Å². The molecule has 209 valence electrons. The first kappa shape index (κ1) is 26.2. The maximum atomic E-state index is 6.77. The van der Waals surface area contributed by atoms with Crippen LogP contribution in [0.3, 0.4) is 0 Å². The summed E-state index contributed by atoms with van der Waals surface area (Å²) in [7, 11) is 0. The number of benzene rings is 4. The van der Waals surface area contributed by atoms with Crippen molar-refractivity contribution in [2.24, 2.45) is 0 Å². The molecule has 0 saturated carbocycles. The van der Waals surface area contributed by atoms with Crippen molar-refractivity contribution in [2.75, 3.05) is 0 Å². The first-order valence-corrected chi connectivity index (χ1v) is 14.0. The molecular formula is C32H16AuCl2N8. The van der Waals surface area contributed by atoms with Crippen LogP contribution in [0.2, 0.25) is 10.0 Å². The molecule has 2 N–H and O–H groups in total. The van der Waals surface area contributed by atoms with Crippen LogP contribution in [0.1, 0.15) is 0 Å². The Hall–Kier alpha value is -4.44. The number of halogens is 2. The van der Waals surface area contributed by atoms with Crippen LogP contribution in [0.25, 0.3) is 89.7 Å². The molecule has 0 spiro atoms. The van der Waals surface area contributed by atoms with E-state index in [9.17, 15) is 0 Å². The smallest absolute Gasteiger partial charge is 0.164 e. The third kappa shape index (κ3) is 3.96. The standard InChI is InChI=1S/C32H16Cl2N8.Au/c33-22-14-13-21-23(24(22)34)32-41-30-20-12-6-5-11-19(20)28(39-30)37-26-16-8-2-1-7-15(16)25(35-26)36-27-17-9-3-4-10-18(17)29(38-27)40-31(21)42-32;/h1-14H,(H2,35,36,37,38,39,40,41,42);. The van der Waals surface area contributed by atoms with E-state index >= 15 is 0 Å². The molecule has 2 aliphatic rings. The number of aromatic nitrogens is 8. The first-order chi connectivity index (χ1) is 20.6. The zero-order chi connectivity index (χ0) is 27.9. The molecule has 11 heteroatoms. The van der Waals surface area contributed by atoms with Gasteiger partial charge in [-0.3, -0.25) is 0 Å². The molecule has 0 atom stereocenters. The van der Waals surface area contributed by atoms with Gasteiger partial charge in [0.15, 0.2) is 23.3 Å². The minimum Gasteiger partial charge on any atom is -0.324 e. The van der Waals surface area contributed by atoms with E-state index < -0.39 is 0 Å². The SMILES string of the molecule is Clc1ccc2c3nc4nc(nc5[nH]c(nc6nc(nc([nH]3)c2c1Cl)-c1ccccc1-6)c1ccccc51)-c1ccccc1-4.[Au]. The quantitative estimate of drug-likeness (QED) is 0.150. The predicted molar refractivity (Wildman–Crippen MR) is 166 cm³/mol. The van der Waals surface area contributed by atoms with Gasteiger partial charge in [0.1, 0.15) is 22.6 Å². The maximum absolute atomic E-state index is 6.77. The van der Waals surface area contributed by atoms with Crippen molar-refractivity contribution in [1.29, 1.82) is 0 Å². The molecule has 0 unspecified atom stereocenters. The molecule has 5 heterocycles. The van der Waals surface area contributed by atoms with Gasteiger partial charge >= 0.3 is 0 Å². The minimum atomic E-state index is 0. The van der Waals surface area contributed by atoms with Gasteiger partial charge in [0.05, 0.1) is 10.0 Å². The maximum Gasteiger partial charge on any atom is 0.164 e. The van der Waals surface area contributed by atoms with Gasteiger partial charge in [0.25, 0.3) is 0 Å². The predicted octanol–water partition coefficient (Wildman–Crippen LogP) is 8.17. The summed E-state index contributed by atoms with van der Waals surface area (Å²) in [6.07, 6.45) is 0. The third-order valence-corrected chi connectivity index (χ3v) is 8.41. The number of aromatic amines is 2. The molecule has 0 aliphatic carbocycles. The van der Waals surface area contributed by atoms with Gasteiger partial charge in [-0.05, 0) is 12.1 Å². The monoisotopic (exact) mass is 779 g/mol. The van der Waals surface area contributed by atoms with E-state index in [1.165, 1.54) is 0 Å². The Morgan fingerprint density at radius 3 is 1.30 bits per heavy atom. The van der Waals surface area contributed by atoms with Crippen LogP contribution in [-0.2, 0) is 22.4 Å². The summed E-state index contributed by atoms with van der Waals surface area (Å²) in [5.41, 5.74) is 5.83. The summed E-state index contributed by atoms with van der Waals surface area (Å²) in [6.45, 7) is 0. The van der Waals surface area contributed by atoms with Crippen molar-refractivity contribution < 1.29 is 22.4 Å². The van der Waals surface area contributed by atoms with Crippen LogP contribution in [0.4, 0.5) is 0 Å². The fourth-order valence-corrected chi connectivity index (χ4v) is 6.08. The van der Waals surface area contributed by atoms with Crippen molar-refractivity contribution in [3.05, 3.63) is 95.0 Å². The van der Waals surface area contributed by atoms with Gasteiger partial charge in [0, 0.05) is 66.2 Å². The minimum absolute atomic E-state index is 0. The summed E-state index contributed by atoms with van der Waals surface area (Å²) in [5, 5.41) is 4.06. The van der Waals surface area contributed by atoms with E-state index in [1.54, 1.807) is 6.07 Å². The topological polar surface area (TPSA) is 109 Å². The molecule has 1 radical (unpaired) electrons. The Morgan fingerprint density at radius 1 is 0.419 bits per heavy atom. The zero-order valence-electron chi connectivity index (χ0n) is 21.8. The number of nitrogens with one attached hydrogen (secondary N) is 2. The number of hydrogen-bond acceptors (Lipinski definition) is 6. The van der Waals surface area contributed by atoms with Crippen molar-refractivity contribution in [3.8, 4) is 45.6 Å². The van der Waals surface area contributed by atoms with E-state index in [2.05, 4.69) is 9.97 Å². The van der Waals surface area contributed by atoms with Crippen LogP contribution in [0, 0.1) is 0 Å². The van der Waals surface area contributed by atoms with Gasteiger partial charge in [-0.25, -0.2) is 29.9 Å². The second kappa shape index (κ2) is 9.80. The van der Waals surface area contributed by atoms with E-state index in [1.807, 2.05) is 78.9 Å². The average Bonchev–Trinajstić information content (AvgIpc) is 3.74. The Bertz CT molecular complexity index is 2460. The summed E-state index contributed by atoms with van der Waals surface area (Å²) in [4.78, 5) is 36.5. The summed E-state index contributed by atoms with van der Waals surface area (Å²) >= 11 is 13.2. The average molecular weight is 780 g/mol. The van der Waals surface area contributed by atoms with Gasteiger partial charge in [-0.2, -0.15) is 0 Å². The number of rotatable bonds is 0. The molecule has 8 nitrogen and oxygen atoms in total. The van der Waals surface area contributed by atoms with Crippen molar-refractivity contribution in [1.82, 2.24) is 39.9 Å². The molecule has 43 heavy (non-hydrogen) atoms. The molecule has 9 rings (SSSR count). The molecule has 0 fully saturated rings. The number of nitrogens with zero attached hydrogens (tertiary/aromatic N) is 6. The zero-order valence-corrected chi connectivity index (χ0v) is 25.5. The summed E-state index contributed by atoms with van der Waals surface area (Å²) in [5.74, 6) is 2.12. The molecule has 0 saturated heterocycles. The number of hydrogen-bond donors (Lipinski definition) is 2. The summed E-state index contributed by atoms with van der Waals surface area (Å²) < 4.78 is 0. The van der Waals surface area contributed by atoms with Crippen LogP contribution < -0.4 is 0 Å². The Kier molecular flexibility index (Phi) is 5.98. The Morgan fingerprint density at radius 2 is 0.814 bits per heavy atom. The van der Waals surface area contributed by atoms with Crippen LogP contribution in [0.5, 0.6) is 0 Å². The van der Waals surface area contributed by atoms with Crippen LogP contribution >= 0.6 is 23.2 Å². The first-order valence-electron chi connectivity index (χ1n) is 13.2. The van der Waals surface area contributed by atoms with Gasteiger partial charge in [0.2, 0.25) is 0 Å². The van der Waals surface area contributed by atoms with E-state index in [0.717, 1.165) is 38.4 Å². The van der Waals surface area contributed by atoms with Gasteiger partial charge < -0.3 is 9.97 Å². The fourth-order valence-electron chi connectivity index (χ4n) is 5.67. The normalized spacial score (nSPS) is 11.8. The molecule has 4 aromatic carbocycles. The second-order valence-electron chi connectivity index (χ2n) is 10.0. The molecule has 2 aliphatic heterocycles. The molecule has 7 aromatic rings. The Labute approximate surface area is 268 Å². The molecule has 8 bridgehead atoms. The number of fused-ring (bicyclic) bond motifs is 20. The molecular weight excluding hydrogens is 764 g/mol. The second-order valence-corrected chi connectivity index (χ2v) is 10.8. The van der Waals surface area contributed by atoms with E-state index in [4.69, 9.17) is 53.1 Å². The van der Waals surface area contributed by atoms with Crippen molar-refractivity contribution in [3.63, 3.8) is 0 Å². The fraction of sp³-hybridized carbons (Fsp3) is 0. The largest absolute Gasteiger partial charge is 0.324 e. The van der Waals surface area contributed by atoms with Crippen LogP contribution in [0.15, 0.2) is 84.9 Å². The Balaban J connectivity index is 0.00000278. The van der Waals surface area contributed by atoms with Crippen LogP contribution in [-0.4, -0.2) is 39.9 Å². The van der Waals surface area contributed by atoms with Gasteiger partial charge in [-0.1, -0.05) is 96.0 Å². The summed E-state index contributed by atoms with van der Waals surface area (Å²) in [6, 6.07) is 27.4. The molecule has 3 aromatic heterocycles.